The van der Waals surface area contributed by atoms with Crippen molar-refractivity contribution in [1.82, 2.24) is 0 Å². The summed E-state index contributed by atoms with van der Waals surface area (Å²) in [5.41, 5.74) is 10.6. The molecule has 2 heteroatoms. The molecule has 0 heterocycles. The summed E-state index contributed by atoms with van der Waals surface area (Å²) in [6, 6.07) is 67.4. The number of hydrogen-bond acceptors (Lipinski definition) is 2. The summed E-state index contributed by atoms with van der Waals surface area (Å²) in [6.07, 6.45) is 0. The minimum atomic E-state index is 1.11. The van der Waals surface area contributed by atoms with Crippen molar-refractivity contribution in [1.29, 1.82) is 0 Å². The van der Waals surface area contributed by atoms with Crippen LogP contribution in [0.4, 0.5) is 28.4 Å². The van der Waals surface area contributed by atoms with Crippen molar-refractivity contribution >= 4 is 50.0 Å². The average Bonchev–Trinajstić information content (AvgIpc) is 3.16. The van der Waals surface area contributed by atoms with Crippen molar-refractivity contribution in [3.05, 3.63) is 188 Å². The molecule has 8 rings (SSSR count). The lowest BCUT2D eigenvalue weighted by atomic mass is 9.93. The first-order valence-electron chi connectivity index (χ1n) is 16.1. The van der Waals surface area contributed by atoms with E-state index in [1.807, 2.05) is 6.07 Å². The van der Waals surface area contributed by atoms with Crippen LogP contribution in [0.3, 0.4) is 0 Å². The number of rotatable bonds is 7. The molecule has 0 aliphatic carbocycles. The molecule has 8 aromatic carbocycles. The Balaban J connectivity index is 1.19. The van der Waals surface area contributed by atoms with Crippen molar-refractivity contribution in [2.45, 2.75) is 0 Å². The molecule has 0 aliphatic heterocycles. The first-order chi connectivity index (χ1) is 23.2. The molecule has 0 atom stereocenters. The van der Waals surface area contributed by atoms with E-state index in [0.717, 1.165) is 22.7 Å². The van der Waals surface area contributed by atoms with Crippen molar-refractivity contribution in [2.24, 2.45) is 0 Å². The van der Waals surface area contributed by atoms with Crippen LogP contribution in [0.2, 0.25) is 0 Å². The molecule has 224 valence electrons. The number of anilines is 5. The van der Waals surface area contributed by atoms with Gasteiger partial charge in [-0.15, -0.1) is 0 Å². The number of nitrogens with zero attached hydrogens (tertiary/aromatic N) is 2. The Morgan fingerprint density at radius 1 is 0.319 bits per heavy atom. The predicted molar refractivity (Wildman–Crippen MR) is 202 cm³/mol. The van der Waals surface area contributed by atoms with Gasteiger partial charge in [0.15, 0.2) is 0 Å². The number of benzene rings is 8. The zero-order valence-electron chi connectivity index (χ0n) is 26.3. The third kappa shape index (κ3) is 5.51. The van der Waals surface area contributed by atoms with Crippen LogP contribution in [0.25, 0.3) is 43.8 Å². The molecule has 0 fully saturated rings. The standard InChI is InChI=1S/C45H34N2/c1-46(37-16-7-3-8-17-37)38-25-21-33(22-26-38)34-23-27-40(28-24-34)47(39-18-9-4-10-19-39)41-29-30-43-44(35-13-5-2-6-14-35)31-36-15-11-12-20-42(36)45(43)32-41/h2-32H,1H3. The third-order valence-electron chi connectivity index (χ3n) is 9.06. The van der Waals surface area contributed by atoms with Crippen molar-refractivity contribution in [3.8, 4) is 22.3 Å². The maximum Gasteiger partial charge on any atom is 0.0468 e. The van der Waals surface area contributed by atoms with E-state index in [1.165, 1.54) is 49.5 Å². The maximum absolute atomic E-state index is 2.35. The Morgan fingerprint density at radius 2 is 0.809 bits per heavy atom. The van der Waals surface area contributed by atoms with Crippen molar-refractivity contribution in [3.63, 3.8) is 0 Å². The lowest BCUT2D eigenvalue weighted by molar-refractivity contribution is 1.21. The summed E-state index contributed by atoms with van der Waals surface area (Å²) in [7, 11) is 2.11. The fourth-order valence-corrected chi connectivity index (χ4v) is 6.59. The summed E-state index contributed by atoms with van der Waals surface area (Å²) >= 11 is 0. The Bertz CT molecular complexity index is 2280. The van der Waals surface area contributed by atoms with Gasteiger partial charge in [-0.1, -0.05) is 121 Å². The second-order valence-corrected chi connectivity index (χ2v) is 11.9. The van der Waals surface area contributed by atoms with Gasteiger partial charge in [0.2, 0.25) is 0 Å². The number of fused-ring (bicyclic) bond motifs is 3. The Morgan fingerprint density at radius 3 is 1.47 bits per heavy atom. The van der Waals surface area contributed by atoms with Crippen LogP contribution in [-0.4, -0.2) is 7.05 Å². The molecule has 0 unspecified atom stereocenters. The molecule has 0 radical (unpaired) electrons. The number of hydrogen-bond donors (Lipinski definition) is 0. The average molecular weight is 603 g/mol. The number of para-hydroxylation sites is 2. The molecular formula is C45H34N2. The molecule has 0 amide bonds. The predicted octanol–water partition coefficient (Wildman–Crippen LogP) is 12.6. The highest BCUT2D eigenvalue weighted by Crippen LogP contribution is 2.41. The Labute approximate surface area is 276 Å². The van der Waals surface area contributed by atoms with Gasteiger partial charge in [0.05, 0.1) is 0 Å². The summed E-state index contributed by atoms with van der Waals surface area (Å²) in [6.45, 7) is 0. The maximum atomic E-state index is 2.35. The van der Waals surface area contributed by atoms with Crippen LogP contribution in [0, 0.1) is 0 Å². The molecular weight excluding hydrogens is 569 g/mol. The van der Waals surface area contributed by atoms with E-state index in [-0.39, 0.29) is 0 Å². The van der Waals surface area contributed by atoms with E-state index in [0.29, 0.717) is 0 Å². The SMILES string of the molecule is CN(c1ccccc1)c1ccc(-c2ccc(N(c3ccccc3)c3ccc4c(-c5ccccc5)cc5ccccc5c4c3)cc2)cc1. The van der Waals surface area contributed by atoms with E-state index < -0.39 is 0 Å². The van der Waals surface area contributed by atoms with Gasteiger partial charge in [-0.3, -0.25) is 0 Å². The normalized spacial score (nSPS) is 11.1. The van der Waals surface area contributed by atoms with Gasteiger partial charge >= 0.3 is 0 Å². The van der Waals surface area contributed by atoms with Gasteiger partial charge in [0.25, 0.3) is 0 Å². The van der Waals surface area contributed by atoms with Crippen LogP contribution in [-0.2, 0) is 0 Å². The van der Waals surface area contributed by atoms with Gasteiger partial charge in [-0.05, 0) is 111 Å². The van der Waals surface area contributed by atoms with E-state index in [4.69, 9.17) is 0 Å². The highest BCUT2D eigenvalue weighted by Gasteiger charge is 2.16. The highest BCUT2D eigenvalue weighted by atomic mass is 15.1. The molecule has 0 saturated carbocycles. The molecule has 0 N–H and O–H groups in total. The Hall–Kier alpha value is -6.12. The zero-order valence-corrected chi connectivity index (χ0v) is 26.3. The molecule has 0 bridgehead atoms. The lowest BCUT2D eigenvalue weighted by Gasteiger charge is -2.26. The third-order valence-corrected chi connectivity index (χ3v) is 9.06. The van der Waals surface area contributed by atoms with Crippen molar-refractivity contribution in [2.75, 3.05) is 16.8 Å². The summed E-state index contributed by atoms with van der Waals surface area (Å²) in [4.78, 5) is 4.56. The minimum Gasteiger partial charge on any atom is -0.345 e. The monoisotopic (exact) mass is 602 g/mol. The van der Waals surface area contributed by atoms with Gasteiger partial charge in [0, 0.05) is 35.5 Å². The van der Waals surface area contributed by atoms with E-state index in [9.17, 15) is 0 Å². The molecule has 0 saturated heterocycles. The van der Waals surface area contributed by atoms with Gasteiger partial charge in [-0.2, -0.15) is 0 Å². The van der Waals surface area contributed by atoms with Crippen LogP contribution in [0.5, 0.6) is 0 Å². The first-order valence-corrected chi connectivity index (χ1v) is 16.1. The van der Waals surface area contributed by atoms with Gasteiger partial charge in [-0.25, -0.2) is 0 Å². The largest absolute Gasteiger partial charge is 0.345 e. The molecule has 8 aromatic rings. The van der Waals surface area contributed by atoms with Crippen LogP contribution in [0.15, 0.2) is 188 Å². The second-order valence-electron chi connectivity index (χ2n) is 11.9. The second kappa shape index (κ2) is 12.3. The van der Waals surface area contributed by atoms with E-state index >= 15 is 0 Å². The van der Waals surface area contributed by atoms with Gasteiger partial charge < -0.3 is 9.80 Å². The smallest absolute Gasteiger partial charge is 0.0468 e. The van der Waals surface area contributed by atoms with Crippen LogP contribution < -0.4 is 9.80 Å². The quantitative estimate of drug-likeness (QED) is 0.167. The zero-order chi connectivity index (χ0) is 31.6. The summed E-state index contributed by atoms with van der Waals surface area (Å²) in [5, 5.41) is 5.00. The molecule has 2 nitrogen and oxygen atoms in total. The molecule has 0 aliphatic rings. The lowest BCUT2D eigenvalue weighted by Crippen LogP contribution is -2.09. The minimum absolute atomic E-state index is 1.11. The van der Waals surface area contributed by atoms with E-state index in [1.54, 1.807) is 0 Å². The molecule has 0 spiro atoms. The van der Waals surface area contributed by atoms with Crippen LogP contribution in [0.1, 0.15) is 0 Å². The fourth-order valence-electron chi connectivity index (χ4n) is 6.59. The van der Waals surface area contributed by atoms with Crippen LogP contribution >= 0.6 is 0 Å². The first kappa shape index (κ1) is 28.4. The Kier molecular flexibility index (Phi) is 7.45. The van der Waals surface area contributed by atoms with Gasteiger partial charge in [0.1, 0.15) is 0 Å². The highest BCUT2D eigenvalue weighted by molar-refractivity contribution is 6.15. The molecule has 47 heavy (non-hydrogen) atoms. The topological polar surface area (TPSA) is 6.48 Å². The summed E-state index contributed by atoms with van der Waals surface area (Å²) in [5.74, 6) is 0. The summed E-state index contributed by atoms with van der Waals surface area (Å²) < 4.78 is 0. The van der Waals surface area contributed by atoms with E-state index in [2.05, 4.69) is 199 Å². The molecule has 0 aromatic heterocycles. The van der Waals surface area contributed by atoms with Crippen molar-refractivity contribution < 1.29 is 0 Å². The fraction of sp³-hybridized carbons (Fsp3) is 0.0222.